The van der Waals surface area contributed by atoms with Crippen LogP contribution in [0.4, 0.5) is 4.79 Å². The molecule has 1 aromatic rings. The van der Waals surface area contributed by atoms with Crippen molar-refractivity contribution in [1.29, 1.82) is 0 Å². The molecule has 2 unspecified atom stereocenters. The molecule has 6 amide bonds. The fraction of sp³-hybridized carbons (Fsp3) is 0.718. The molecule has 4 N–H and O–H groups in total. The maximum Gasteiger partial charge on any atom is 0.408 e. The Hall–Kier alpha value is -4.05. The average molecular weight is 787 g/mol. The van der Waals surface area contributed by atoms with Crippen molar-refractivity contribution in [3.63, 3.8) is 0 Å². The Kier molecular flexibility index (Phi) is 13.3. The van der Waals surface area contributed by atoms with E-state index in [4.69, 9.17) is 9.47 Å². The highest BCUT2D eigenvalue weighted by Crippen LogP contribution is 2.44. The number of fused-ring (bicyclic) bond motifs is 1. The van der Waals surface area contributed by atoms with E-state index in [2.05, 4.69) is 21.3 Å². The summed E-state index contributed by atoms with van der Waals surface area (Å²) in [7, 11) is 3.14. The van der Waals surface area contributed by atoms with Gasteiger partial charge in [-0.15, -0.1) is 11.3 Å². The van der Waals surface area contributed by atoms with Crippen LogP contribution in [0.3, 0.4) is 0 Å². The molecule has 16 heteroatoms. The zero-order valence-electron chi connectivity index (χ0n) is 33.1. The van der Waals surface area contributed by atoms with E-state index in [-0.39, 0.29) is 36.6 Å². The van der Waals surface area contributed by atoms with Crippen molar-refractivity contribution in [2.24, 2.45) is 17.8 Å². The largest absolute Gasteiger partial charge is 0.444 e. The Morgan fingerprint density at radius 3 is 2.29 bits per heavy atom. The first-order valence-electron chi connectivity index (χ1n) is 19.5. The van der Waals surface area contributed by atoms with Crippen LogP contribution < -0.4 is 21.3 Å². The van der Waals surface area contributed by atoms with Crippen molar-refractivity contribution < 1.29 is 43.0 Å². The van der Waals surface area contributed by atoms with Gasteiger partial charge in [-0.05, 0) is 83.6 Å². The smallest absolute Gasteiger partial charge is 0.408 e. The molecule has 4 aliphatic rings. The number of carbonyl (C=O) groups is 7. The molecule has 3 heterocycles. The second-order valence-electron chi connectivity index (χ2n) is 17.3. The zero-order chi connectivity index (χ0) is 40.2. The molecular weight excluding hydrogens is 729 g/mol. The fourth-order valence-corrected chi connectivity index (χ4v) is 8.82. The molecule has 0 spiro atoms. The van der Waals surface area contributed by atoms with E-state index < -0.39 is 83.5 Å². The number of carbonyl (C=O) groups excluding carboxylic acids is 7. The number of nitrogens with one attached hydrogen (secondary N) is 4. The number of Topliss-reactive ketones (excluding diaryl/α,β-unsaturated/α-hetero) is 1. The summed E-state index contributed by atoms with van der Waals surface area (Å²) in [6, 6.07) is -0.619. The molecule has 2 saturated carbocycles. The van der Waals surface area contributed by atoms with Gasteiger partial charge in [0, 0.05) is 31.4 Å². The second kappa shape index (κ2) is 17.4. The Morgan fingerprint density at radius 1 is 1.00 bits per heavy atom. The van der Waals surface area contributed by atoms with Crippen LogP contribution in [0.2, 0.25) is 0 Å². The summed E-state index contributed by atoms with van der Waals surface area (Å²) in [5, 5.41) is 12.5. The van der Waals surface area contributed by atoms with E-state index in [9.17, 15) is 33.6 Å². The van der Waals surface area contributed by atoms with Gasteiger partial charge >= 0.3 is 6.09 Å². The molecule has 6 atom stereocenters. The maximum atomic E-state index is 14.6. The molecule has 2 saturated heterocycles. The quantitative estimate of drug-likeness (QED) is 0.205. The molecule has 2 aliphatic heterocycles. The van der Waals surface area contributed by atoms with E-state index in [0.29, 0.717) is 11.3 Å². The SMILES string of the molecule is CN(C)C(=O)[C@@H](NC(=O)CNC(=O)C(=O)C(CC1CC1)NC(=O)[C@@H]1[C@H]2CC(C)(C)O[C@H]2CN1C(=O)C(NC(=O)OC(C)(C)C)C1CCCCC1)c1cccs1. The van der Waals surface area contributed by atoms with Gasteiger partial charge in [0.1, 0.15) is 23.7 Å². The molecule has 55 heavy (non-hydrogen) atoms. The third kappa shape index (κ3) is 11.0. The minimum Gasteiger partial charge on any atom is -0.444 e. The number of rotatable bonds is 14. The van der Waals surface area contributed by atoms with Crippen molar-refractivity contribution >= 4 is 52.7 Å². The number of ether oxygens (including phenoxy) is 2. The van der Waals surface area contributed by atoms with Crippen molar-refractivity contribution in [1.82, 2.24) is 31.1 Å². The topological polar surface area (TPSA) is 193 Å². The number of hydrogen-bond donors (Lipinski definition) is 4. The molecule has 0 aromatic carbocycles. The van der Waals surface area contributed by atoms with Gasteiger partial charge in [-0.3, -0.25) is 28.8 Å². The Morgan fingerprint density at radius 2 is 1.69 bits per heavy atom. The standard InChI is InChI=1S/C39H58N6O9S/c1-38(2,3)54-37(52)43-29(23-12-9-8-10-13-23)36(51)45-21-26-24(19-39(4,5)53-26)31(45)33(48)41-25(18-22-15-16-22)32(47)34(49)40-20-28(46)42-30(35(50)44(6)7)27-14-11-17-55-27/h11,14,17,22-26,29-31H,8-10,12-13,15-16,18-21H2,1-7H3,(H,40,49)(H,41,48)(H,42,46)(H,43,52)/t24-,25?,26-,29?,30-,31-/m0/s1. The minimum atomic E-state index is -1.20. The van der Waals surface area contributed by atoms with E-state index in [1.54, 1.807) is 52.4 Å². The summed E-state index contributed by atoms with van der Waals surface area (Å²) in [6.45, 7) is 8.66. The maximum absolute atomic E-state index is 14.6. The van der Waals surface area contributed by atoms with Gasteiger partial charge in [0.05, 0.1) is 24.3 Å². The summed E-state index contributed by atoms with van der Waals surface area (Å²) in [5.41, 5.74) is -1.34. The predicted molar refractivity (Wildman–Crippen MR) is 203 cm³/mol. The van der Waals surface area contributed by atoms with Gasteiger partial charge in [0.15, 0.2) is 0 Å². The van der Waals surface area contributed by atoms with Crippen LogP contribution >= 0.6 is 11.3 Å². The molecule has 0 radical (unpaired) electrons. The Balaban J connectivity index is 1.31. The average Bonchev–Trinajstić information content (AvgIpc) is 3.48. The Labute approximate surface area is 327 Å². The summed E-state index contributed by atoms with van der Waals surface area (Å²) in [4.78, 5) is 98.2. The number of amides is 6. The van der Waals surface area contributed by atoms with E-state index in [1.807, 2.05) is 13.8 Å². The lowest BCUT2D eigenvalue weighted by Gasteiger charge is -2.36. The van der Waals surface area contributed by atoms with Crippen molar-refractivity contribution in [2.75, 3.05) is 27.2 Å². The van der Waals surface area contributed by atoms with Crippen molar-refractivity contribution in [3.8, 4) is 0 Å². The molecule has 304 valence electrons. The van der Waals surface area contributed by atoms with E-state index in [0.717, 1.165) is 44.9 Å². The number of ketones is 1. The Bertz CT molecular complexity index is 1600. The predicted octanol–water partition coefficient (Wildman–Crippen LogP) is 2.83. The van der Waals surface area contributed by atoms with Crippen LogP contribution in [-0.4, -0.2) is 114 Å². The van der Waals surface area contributed by atoms with Gasteiger partial charge in [0.2, 0.25) is 29.4 Å². The number of nitrogens with zero attached hydrogens (tertiary/aromatic N) is 2. The molecule has 15 nitrogen and oxygen atoms in total. The third-order valence-corrected chi connectivity index (χ3v) is 11.7. The summed E-state index contributed by atoms with van der Waals surface area (Å²) in [5.74, 6) is -4.36. The fourth-order valence-electron chi connectivity index (χ4n) is 8.06. The minimum absolute atomic E-state index is 0.129. The summed E-state index contributed by atoms with van der Waals surface area (Å²) >= 11 is 1.30. The van der Waals surface area contributed by atoms with Crippen LogP contribution in [0.1, 0.15) is 103 Å². The summed E-state index contributed by atoms with van der Waals surface area (Å²) in [6.07, 6.45) is 5.56. The number of thiophene rings is 1. The lowest BCUT2D eigenvalue weighted by atomic mass is 9.83. The van der Waals surface area contributed by atoms with Crippen LogP contribution in [0.15, 0.2) is 17.5 Å². The van der Waals surface area contributed by atoms with Gasteiger partial charge in [-0.2, -0.15) is 0 Å². The number of likely N-dealkylation sites (tertiary alicyclic amines) is 1. The third-order valence-electron chi connectivity index (χ3n) is 10.8. The van der Waals surface area contributed by atoms with E-state index in [1.165, 1.54) is 21.1 Å². The molecule has 5 rings (SSSR count). The first kappa shape index (κ1) is 42.1. The number of hydrogen-bond acceptors (Lipinski definition) is 10. The highest BCUT2D eigenvalue weighted by atomic mass is 32.1. The first-order valence-corrected chi connectivity index (χ1v) is 20.4. The van der Waals surface area contributed by atoms with Gasteiger partial charge in [-0.1, -0.05) is 38.2 Å². The molecule has 1 aromatic heterocycles. The number of alkyl carbamates (subject to hydrolysis) is 1. The first-order chi connectivity index (χ1) is 25.8. The molecule has 0 bridgehead atoms. The van der Waals surface area contributed by atoms with Crippen LogP contribution in [0.5, 0.6) is 0 Å². The normalized spacial score (nSPS) is 23.8. The van der Waals surface area contributed by atoms with Gasteiger partial charge in [-0.25, -0.2) is 4.79 Å². The van der Waals surface area contributed by atoms with Gasteiger partial charge in [0.25, 0.3) is 5.91 Å². The number of likely N-dealkylation sites (N-methyl/N-ethyl adjacent to an activating group) is 1. The molecule has 2 aliphatic carbocycles. The van der Waals surface area contributed by atoms with Crippen molar-refractivity contribution in [2.45, 2.75) is 134 Å². The molecule has 4 fully saturated rings. The van der Waals surface area contributed by atoms with Crippen LogP contribution in [0.25, 0.3) is 0 Å². The lowest BCUT2D eigenvalue weighted by molar-refractivity contribution is -0.145. The van der Waals surface area contributed by atoms with Crippen molar-refractivity contribution in [3.05, 3.63) is 22.4 Å². The van der Waals surface area contributed by atoms with Crippen LogP contribution in [0, 0.1) is 17.8 Å². The monoisotopic (exact) mass is 786 g/mol. The highest BCUT2D eigenvalue weighted by Gasteiger charge is 2.56. The summed E-state index contributed by atoms with van der Waals surface area (Å²) < 4.78 is 11.9. The molecular formula is C39H58N6O9S. The van der Waals surface area contributed by atoms with Crippen LogP contribution in [-0.2, 0) is 38.2 Å². The van der Waals surface area contributed by atoms with Gasteiger partial charge < -0.3 is 40.5 Å². The zero-order valence-corrected chi connectivity index (χ0v) is 33.9. The lowest BCUT2D eigenvalue weighted by Crippen LogP contribution is -2.59. The highest BCUT2D eigenvalue weighted by molar-refractivity contribution is 7.10. The van der Waals surface area contributed by atoms with E-state index >= 15 is 0 Å². The second-order valence-corrected chi connectivity index (χ2v) is 18.3.